The first-order valence-corrected chi connectivity index (χ1v) is 4.89. The van der Waals surface area contributed by atoms with E-state index in [-0.39, 0.29) is 5.15 Å². The quantitative estimate of drug-likeness (QED) is 0.779. The van der Waals surface area contributed by atoms with E-state index in [0.29, 0.717) is 12.0 Å². The minimum absolute atomic E-state index is 0.253. The molecule has 0 bridgehead atoms. The minimum atomic E-state index is -0.457. The average Bonchev–Trinajstić information content (AvgIpc) is 2.15. The van der Waals surface area contributed by atoms with Gasteiger partial charge in [-0.2, -0.15) is 0 Å². The van der Waals surface area contributed by atoms with Crippen LogP contribution in [0.3, 0.4) is 0 Å². The zero-order valence-corrected chi connectivity index (χ0v) is 9.26. The van der Waals surface area contributed by atoms with E-state index in [2.05, 4.69) is 10.3 Å². The molecule has 0 aliphatic rings. The maximum Gasteiger partial charge on any atom is 0.258 e. The molecule has 80 valence electrons. The molecule has 15 heavy (non-hydrogen) atoms. The normalized spacial score (nSPS) is 9.80. The molecule has 0 aromatic carbocycles. The van der Waals surface area contributed by atoms with Gasteiger partial charge in [0.05, 0.1) is 0 Å². The number of amides is 2. The number of carbonyl (C=O) groups is 2. The molecule has 0 atom stereocenters. The second-order valence-electron chi connectivity index (χ2n) is 3.03. The molecule has 0 saturated heterocycles. The van der Waals surface area contributed by atoms with E-state index in [9.17, 15) is 9.59 Å². The molecule has 1 aromatic heterocycles. The van der Waals surface area contributed by atoms with Gasteiger partial charge >= 0.3 is 0 Å². The third-order valence-corrected chi connectivity index (χ3v) is 1.95. The van der Waals surface area contributed by atoms with Crippen LogP contribution in [0.25, 0.3) is 0 Å². The van der Waals surface area contributed by atoms with E-state index in [0.717, 1.165) is 5.69 Å². The fourth-order valence-electron chi connectivity index (χ4n) is 1.10. The molecular formula is C10H11ClN2O2. The van der Waals surface area contributed by atoms with Crippen LogP contribution in [0.1, 0.15) is 29.9 Å². The van der Waals surface area contributed by atoms with Crippen molar-refractivity contribution in [1.29, 1.82) is 0 Å². The molecule has 0 unspecified atom stereocenters. The lowest BCUT2D eigenvalue weighted by atomic mass is 10.2. The van der Waals surface area contributed by atoms with E-state index in [1.165, 1.54) is 13.0 Å². The first-order chi connectivity index (χ1) is 7.02. The smallest absolute Gasteiger partial charge is 0.258 e. The molecule has 1 N–H and O–H groups in total. The molecule has 0 spiro atoms. The highest BCUT2D eigenvalue weighted by atomic mass is 35.5. The number of halogens is 1. The Hall–Kier alpha value is -1.42. The summed E-state index contributed by atoms with van der Waals surface area (Å²) in [7, 11) is 0. The van der Waals surface area contributed by atoms with Crippen LogP contribution in [0.15, 0.2) is 12.1 Å². The Labute approximate surface area is 92.7 Å². The number of pyridine rings is 1. The first-order valence-electron chi connectivity index (χ1n) is 4.51. The van der Waals surface area contributed by atoms with E-state index in [1.54, 1.807) is 6.07 Å². The predicted molar refractivity (Wildman–Crippen MR) is 56.8 cm³/mol. The van der Waals surface area contributed by atoms with E-state index >= 15 is 0 Å². The number of hydrogen-bond acceptors (Lipinski definition) is 3. The van der Waals surface area contributed by atoms with Gasteiger partial charge in [-0.1, -0.05) is 18.5 Å². The number of hydrogen-bond donors (Lipinski definition) is 1. The van der Waals surface area contributed by atoms with Crippen molar-refractivity contribution < 1.29 is 9.59 Å². The van der Waals surface area contributed by atoms with Crippen molar-refractivity contribution in [3.05, 3.63) is 28.5 Å². The van der Waals surface area contributed by atoms with Crippen molar-refractivity contribution in [3.8, 4) is 0 Å². The molecule has 0 fully saturated rings. The number of carbonyl (C=O) groups excluding carboxylic acids is 2. The van der Waals surface area contributed by atoms with Crippen molar-refractivity contribution >= 4 is 23.4 Å². The Balaban J connectivity index is 2.98. The predicted octanol–water partition coefficient (Wildman–Crippen LogP) is 1.57. The maximum atomic E-state index is 11.5. The Morgan fingerprint density at radius 3 is 2.67 bits per heavy atom. The number of rotatable bonds is 2. The van der Waals surface area contributed by atoms with Crippen molar-refractivity contribution in [3.63, 3.8) is 0 Å². The summed E-state index contributed by atoms with van der Waals surface area (Å²) >= 11 is 5.73. The van der Waals surface area contributed by atoms with Gasteiger partial charge in [0, 0.05) is 18.2 Å². The highest BCUT2D eigenvalue weighted by molar-refractivity contribution is 6.29. The van der Waals surface area contributed by atoms with Crippen LogP contribution in [0.4, 0.5) is 0 Å². The number of aromatic nitrogens is 1. The third kappa shape index (κ3) is 3.32. The van der Waals surface area contributed by atoms with Crippen molar-refractivity contribution in [1.82, 2.24) is 10.3 Å². The molecule has 0 aliphatic carbocycles. The Morgan fingerprint density at radius 1 is 1.47 bits per heavy atom. The molecule has 2 amide bonds. The van der Waals surface area contributed by atoms with Crippen molar-refractivity contribution in [2.75, 3.05) is 0 Å². The van der Waals surface area contributed by atoms with Crippen LogP contribution >= 0.6 is 11.6 Å². The molecule has 0 saturated carbocycles. The van der Waals surface area contributed by atoms with Crippen LogP contribution in [-0.2, 0) is 11.2 Å². The molecule has 0 aliphatic heterocycles. The largest absolute Gasteiger partial charge is 0.293 e. The molecule has 0 radical (unpaired) electrons. The third-order valence-electron chi connectivity index (χ3n) is 1.76. The van der Waals surface area contributed by atoms with Crippen molar-refractivity contribution in [2.45, 2.75) is 20.3 Å². The standard InChI is InChI=1S/C10H11ClN2O2/c1-3-8-4-7(5-9(11)13-8)10(15)12-6(2)14/h4-5H,3H2,1-2H3,(H,12,14,15). The van der Waals surface area contributed by atoms with E-state index in [4.69, 9.17) is 11.6 Å². The van der Waals surface area contributed by atoms with Gasteiger partial charge in [-0.15, -0.1) is 0 Å². The SMILES string of the molecule is CCc1cc(C(=O)NC(C)=O)cc(Cl)n1. The first kappa shape index (κ1) is 11.7. The van der Waals surface area contributed by atoms with Gasteiger partial charge in [-0.3, -0.25) is 14.9 Å². The van der Waals surface area contributed by atoms with Crippen LogP contribution in [-0.4, -0.2) is 16.8 Å². The molecule has 4 nitrogen and oxygen atoms in total. The van der Waals surface area contributed by atoms with Gasteiger partial charge < -0.3 is 0 Å². The Morgan fingerprint density at radius 2 is 2.13 bits per heavy atom. The number of aryl methyl sites for hydroxylation is 1. The highest BCUT2D eigenvalue weighted by Crippen LogP contribution is 2.11. The molecule has 1 heterocycles. The zero-order valence-electron chi connectivity index (χ0n) is 8.50. The Bertz CT molecular complexity index is 404. The van der Waals surface area contributed by atoms with Gasteiger partial charge in [0.25, 0.3) is 5.91 Å². The topological polar surface area (TPSA) is 59.1 Å². The Kier molecular flexibility index (Phi) is 3.80. The van der Waals surface area contributed by atoms with Gasteiger partial charge in [0.15, 0.2) is 0 Å². The number of imide groups is 1. The molecule has 5 heteroatoms. The summed E-state index contributed by atoms with van der Waals surface area (Å²) in [4.78, 5) is 26.2. The van der Waals surface area contributed by atoms with Gasteiger partial charge in [-0.25, -0.2) is 4.98 Å². The van der Waals surface area contributed by atoms with E-state index in [1.807, 2.05) is 6.92 Å². The maximum absolute atomic E-state index is 11.5. The molecular weight excluding hydrogens is 216 g/mol. The van der Waals surface area contributed by atoms with Crippen LogP contribution in [0, 0.1) is 0 Å². The molecule has 1 rings (SSSR count). The summed E-state index contributed by atoms with van der Waals surface area (Å²) in [5.74, 6) is -0.854. The summed E-state index contributed by atoms with van der Waals surface area (Å²) in [6.07, 6.45) is 0.681. The number of nitrogens with zero attached hydrogens (tertiary/aromatic N) is 1. The average molecular weight is 227 g/mol. The summed E-state index contributed by atoms with van der Waals surface area (Å²) in [6, 6.07) is 3.04. The zero-order chi connectivity index (χ0) is 11.4. The number of nitrogens with one attached hydrogen (secondary N) is 1. The summed E-state index contributed by atoms with van der Waals surface area (Å²) in [6.45, 7) is 3.19. The second kappa shape index (κ2) is 4.89. The monoisotopic (exact) mass is 226 g/mol. The molecule has 1 aromatic rings. The summed E-state index contributed by atoms with van der Waals surface area (Å²) < 4.78 is 0. The van der Waals surface area contributed by atoms with Crippen LogP contribution in [0.5, 0.6) is 0 Å². The van der Waals surface area contributed by atoms with Gasteiger partial charge in [-0.05, 0) is 18.6 Å². The lowest BCUT2D eigenvalue weighted by Gasteiger charge is -2.03. The highest BCUT2D eigenvalue weighted by Gasteiger charge is 2.09. The van der Waals surface area contributed by atoms with Crippen LogP contribution < -0.4 is 5.32 Å². The lowest BCUT2D eigenvalue weighted by molar-refractivity contribution is -0.118. The van der Waals surface area contributed by atoms with Crippen molar-refractivity contribution in [2.24, 2.45) is 0 Å². The van der Waals surface area contributed by atoms with Gasteiger partial charge in [0.1, 0.15) is 5.15 Å². The summed E-state index contributed by atoms with van der Waals surface area (Å²) in [5.41, 5.74) is 1.07. The summed E-state index contributed by atoms with van der Waals surface area (Å²) in [5, 5.41) is 2.43. The lowest BCUT2D eigenvalue weighted by Crippen LogP contribution is -2.28. The fraction of sp³-hybridized carbons (Fsp3) is 0.300. The minimum Gasteiger partial charge on any atom is -0.293 e. The van der Waals surface area contributed by atoms with E-state index < -0.39 is 11.8 Å². The van der Waals surface area contributed by atoms with Gasteiger partial charge in [0.2, 0.25) is 5.91 Å². The fourth-order valence-corrected chi connectivity index (χ4v) is 1.32. The second-order valence-corrected chi connectivity index (χ2v) is 3.42. The van der Waals surface area contributed by atoms with Crippen LogP contribution in [0.2, 0.25) is 5.15 Å².